The lowest BCUT2D eigenvalue weighted by Gasteiger charge is -2.56. The van der Waals surface area contributed by atoms with Crippen molar-refractivity contribution >= 4 is 17.3 Å². The molecule has 5 nitrogen and oxygen atoms in total. The Morgan fingerprint density at radius 3 is 2.37 bits per heavy atom. The van der Waals surface area contributed by atoms with E-state index in [1.165, 1.54) is 38.5 Å². The molecular formula is C22H32N4O. The number of amides is 1. The molecule has 1 amide bonds. The zero-order chi connectivity index (χ0) is 18.4. The lowest BCUT2D eigenvalue weighted by molar-refractivity contribution is -0.0503. The summed E-state index contributed by atoms with van der Waals surface area (Å²) in [6.45, 7) is 4.61. The minimum Gasteiger partial charge on any atom is -0.396 e. The van der Waals surface area contributed by atoms with Crippen molar-refractivity contribution < 1.29 is 4.79 Å². The van der Waals surface area contributed by atoms with Crippen LogP contribution in [0.3, 0.4) is 0 Å². The first kappa shape index (κ1) is 17.4. The summed E-state index contributed by atoms with van der Waals surface area (Å²) in [5.74, 6) is 2.73. The molecule has 0 radical (unpaired) electrons. The lowest BCUT2D eigenvalue weighted by Crippen LogP contribution is -2.51. The van der Waals surface area contributed by atoms with Crippen LogP contribution in [-0.4, -0.2) is 38.6 Å². The summed E-state index contributed by atoms with van der Waals surface area (Å²) in [4.78, 5) is 15.3. The van der Waals surface area contributed by atoms with Crippen LogP contribution in [-0.2, 0) is 0 Å². The summed E-state index contributed by atoms with van der Waals surface area (Å²) in [7, 11) is 0. The number of hydrogen-bond acceptors (Lipinski definition) is 4. The highest BCUT2D eigenvalue weighted by Gasteiger charge is 2.50. The van der Waals surface area contributed by atoms with E-state index in [2.05, 4.69) is 15.5 Å². The molecule has 4 bridgehead atoms. The second-order valence-electron chi connectivity index (χ2n) is 9.58. The van der Waals surface area contributed by atoms with Gasteiger partial charge in [0.25, 0.3) is 5.91 Å². The highest BCUT2D eigenvalue weighted by molar-refractivity contribution is 6.02. The number of nitrogen functional groups attached to an aromatic ring is 1. The predicted molar refractivity (Wildman–Crippen MR) is 109 cm³/mol. The molecule has 4 aliphatic carbocycles. The summed E-state index contributed by atoms with van der Waals surface area (Å²) in [5, 5.41) is 6.64. The van der Waals surface area contributed by atoms with Crippen LogP contribution in [0.2, 0.25) is 0 Å². The van der Waals surface area contributed by atoms with Gasteiger partial charge in [0.15, 0.2) is 0 Å². The smallest absolute Gasteiger partial charge is 0.253 e. The number of nitrogens with two attached hydrogens (primary N) is 1. The zero-order valence-electron chi connectivity index (χ0n) is 16.2. The minimum atomic E-state index is 0.000213. The van der Waals surface area contributed by atoms with Crippen molar-refractivity contribution in [2.45, 2.75) is 38.5 Å². The molecule has 0 spiro atoms. The number of carbonyl (C=O) groups excluding carboxylic acids is 1. The molecule has 1 heterocycles. The molecule has 0 atom stereocenters. The lowest BCUT2D eigenvalue weighted by atomic mass is 9.49. The van der Waals surface area contributed by atoms with Gasteiger partial charge in [-0.05, 0) is 73.8 Å². The van der Waals surface area contributed by atoms with Gasteiger partial charge in [0.05, 0.1) is 16.9 Å². The van der Waals surface area contributed by atoms with E-state index >= 15 is 0 Å². The Hall–Kier alpha value is -1.75. The van der Waals surface area contributed by atoms with Crippen molar-refractivity contribution in [2.75, 3.05) is 43.4 Å². The van der Waals surface area contributed by atoms with Crippen LogP contribution in [0.25, 0.3) is 0 Å². The minimum absolute atomic E-state index is 0.000213. The van der Waals surface area contributed by atoms with Gasteiger partial charge in [0.2, 0.25) is 0 Å². The first-order valence-corrected chi connectivity index (χ1v) is 10.7. The van der Waals surface area contributed by atoms with Crippen molar-refractivity contribution in [3.05, 3.63) is 23.8 Å². The molecule has 1 saturated heterocycles. The summed E-state index contributed by atoms with van der Waals surface area (Å²) in [6.07, 6.45) is 8.26. The van der Waals surface area contributed by atoms with Crippen LogP contribution in [0, 0.1) is 23.2 Å². The fourth-order valence-electron chi connectivity index (χ4n) is 6.80. The molecular weight excluding hydrogens is 336 g/mol. The molecule has 146 valence electrons. The van der Waals surface area contributed by atoms with Gasteiger partial charge < -0.3 is 21.3 Å². The third kappa shape index (κ3) is 3.20. The van der Waals surface area contributed by atoms with E-state index in [-0.39, 0.29) is 5.91 Å². The highest BCUT2D eigenvalue weighted by Crippen LogP contribution is 2.59. The van der Waals surface area contributed by atoms with Crippen LogP contribution in [0.5, 0.6) is 0 Å². The van der Waals surface area contributed by atoms with Gasteiger partial charge in [-0.1, -0.05) is 6.07 Å². The van der Waals surface area contributed by atoms with Gasteiger partial charge in [0.1, 0.15) is 0 Å². The number of carbonyl (C=O) groups is 1. The Bertz CT molecular complexity index is 690. The molecule has 1 aliphatic heterocycles. The van der Waals surface area contributed by atoms with Crippen molar-refractivity contribution in [1.82, 2.24) is 10.6 Å². The fourth-order valence-corrected chi connectivity index (χ4v) is 6.80. The quantitative estimate of drug-likeness (QED) is 0.715. The SMILES string of the molecule is Nc1c(C(=O)NCC23CC4CC(CC(C4)C2)C3)cccc1N1CCNCC1. The summed E-state index contributed by atoms with van der Waals surface area (Å²) in [5.41, 5.74) is 9.05. The van der Waals surface area contributed by atoms with Gasteiger partial charge in [-0.25, -0.2) is 0 Å². The largest absolute Gasteiger partial charge is 0.396 e. The van der Waals surface area contributed by atoms with Gasteiger partial charge in [0, 0.05) is 32.7 Å². The van der Waals surface area contributed by atoms with E-state index in [1.807, 2.05) is 18.2 Å². The highest BCUT2D eigenvalue weighted by atomic mass is 16.1. The van der Waals surface area contributed by atoms with E-state index in [9.17, 15) is 4.79 Å². The number of nitrogens with one attached hydrogen (secondary N) is 2. The van der Waals surface area contributed by atoms with Crippen molar-refractivity contribution in [2.24, 2.45) is 23.2 Å². The van der Waals surface area contributed by atoms with Gasteiger partial charge in [-0.2, -0.15) is 0 Å². The molecule has 0 aromatic heterocycles. The van der Waals surface area contributed by atoms with E-state index < -0.39 is 0 Å². The van der Waals surface area contributed by atoms with Crippen molar-refractivity contribution in [1.29, 1.82) is 0 Å². The second kappa shape index (κ2) is 6.69. The first-order valence-electron chi connectivity index (χ1n) is 10.7. The van der Waals surface area contributed by atoms with Crippen LogP contribution in [0.4, 0.5) is 11.4 Å². The van der Waals surface area contributed by atoms with Crippen LogP contribution < -0.4 is 21.3 Å². The maximum atomic E-state index is 13.0. The number of piperazine rings is 1. The molecule has 6 rings (SSSR count). The topological polar surface area (TPSA) is 70.4 Å². The summed E-state index contributed by atoms with van der Waals surface area (Å²) < 4.78 is 0. The first-order chi connectivity index (χ1) is 13.1. The molecule has 5 fully saturated rings. The molecule has 4 N–H and O–H groups in total. The van der Waals surface area contributed by atoms with E-state index in [0.29, 0.717) is 16.7 Å². The van der Waals surface area contributed by atoms with Gasteiger partial charge in [-0.15, -0.1) is 0 Å². The number of nitrogens with zero attached hydrogens (tertiary/aromatic N) is 1. The Morgan fingerprint density at radius 1 is 1.11 bits per heavy atom. The summed E-state index contributed by atoms with van der Waals surface area (Å²) in [6, 6.07) is 5.87. The normalized spacial score (nSPS) is 34.7. The summed E-state index contributed by atoms with van der Waals surface area (Å²) >= 11 is 0. The number of hydrogen-bond donors (Lipinski definition) is 3. The van der Waals surface area contributed by atoms with E-state index in [1.54, 1.807) is 0 Å². The third-order valence-electron chi connectivity index (χ3n) is 7.57. The number of rotatable bonds is 4. The number of para-hydroxylation sites is 1. The Morgan fingerprint density at radius 2 is 1.74 bits per heavy atom. The van der Waals surface area contributed by atoms with Gasteiger partial charge in [-0.3, -0.25) is 4.79 Å². The monoisotopic (exact) mass is 368 g/mol. The average molecular weight is 369 g/mol. The fraction of sp³-hybridized carbons (Fsp3) is 0.682. The van der Waals surface area contributed by atoms with Crippen LogP contribution >= 0.6 is 0 Å². The third-order valence-corrected chi connectivity index (χ3v) is 7.57. The average Bonchev–Trinajstić information content (AvgIpc) is 2.66. The zero-order valence-corrected chi connectivity index (χ0v) is 16.2. The van der Waals surface area contributed by atoms with Gasteiger partial charge >= 0.3 is 0 Å². The standard InChI is InChI=1S/C22H32N4O/c23-20-18(2-1-3-19(20)26-6-4-24-5-7-26)21(27)25-14-22-11-15-8-16(12-22)10-17(9-15)13-22/h1-3,15-17,24H,4-14,23H2,(H,25,27). The Kier molecular flexibility index (Phi) is 4.30. The molecule has 4 saturated carbocycles. The molecule has 1 aromatic rings. The second-order valence-corrected chi connectivity index (χ2v) is 9.58. The number of anilines is 2. The Labute approximate surface area is 162 Å². The predicted octanol–water partition coefficient (Wildman–Crippen LogP) is 2.62. The maximum absolute atomic E-state index is 13.0. The maximum Gasteiger partial charge on any atom is 0.253 e. The van der Waals surface area contributed by atoms with Crippen molar-refractivity contribution in [3.8, 4) is 0 Å². The number of benzene rings is 1. The van der Waals surface area contributed by atoms with Crippen molar-refractivity contribution in [3.63, 3.8) is 0 Å². The molecule has 0 unspecified atom stereocenters. The van der Waals surface area contributed by atoms with E-state index in [4.69, 9.17) is 5.73 Å². The molecule has 5 heteroatoms. The van der Waals surface area contributed by atoms with Crippen LogP contribution in [0.1, 0.15) is 48.9 Å². The molecule has 1 aromatic carbocycles. The van der Waals surface area contributed by atoms with Crippen LogP contribution in [0.15, 0.2) is 18.2 Å². The Balaban J connectivity index is 1.29. The molecule has 27 heavy (non-hydrogen) atoms. The molecule has 5 aliphatic rings. The van der Waals surface area contributed by atoms with E-state index in [0.717, 1.165) is 56.2 Å².